The molecule has 186 valence electrons. The number of carbonyl (C=O) groups excluding carboxylic acids is 2. The molecule has 2 aromatic carbocycles. The van der Waals surface area contributed by atoms with E-state index in [0.29, 0.717) is 48.6 Å². The van der Waals surface area contributed by atoms with Crippen molar-refractivity contribution in [2.24, 2.45) is 0 Å². The summed E-state index contributed by atoms with van der Waals surface area (Å²) in [6.07, 6.45) is 1.35. The van der Waals surface area contributed by atoms with Crippen molar-refractivity contribution in [3.8, 4) is 16.9 Å². The van der Waals surface area contributed by atoms with Crippen LogP contribution in [0.15, 0.2) is 47.3 Å². The molecule has 1 aromatic heterocycles. The number of pyridine rings is 1. The third-order valence-electron chi connectivity index (χ3n) is 7.26. The average molecular weight is 488 g/mol. The first-order valence-corrected chi connectivity index (χ1v) is 12.0. The van der Waals surface area contributed by atoms with E-state index in [-0.39, 0.29) is 23.9 Å². The first-order chi connectivity index (χ1) is 17.3. The lowest BCUT2D eigenvalue weighted by Gasteiger charge is -2.31. The van der Waals surface area contributed by atoms with E-state index in [1.807, 2.05) is 43.3 Å². The summed E-state index contributed by atoms with van der Waals surface area (Å²) in [5, 5.41) is 5.91. The molecular formula is C28H29N3O5. The standard InChI is InChI=1S/C28H29N3O5/c1-16-4-5-18(13-20(16)25(32)29-15-21-24(35-3)12-17(2)30-26(21)33)19-6-7-22-23(14-19)31-27(34)28(22)8-10-36-11-9-28/h4-7,12-14H,8-11,15H2,1-3H3,(H,29,32)(H,30,33)(H,31,34). The van der Waals surface area contributed by atoms with Crippen LogP contribution < -0.4 is 20.9 Å². The van der Waals surface area contributed by atoms with Crippen molar-refractivity contribution >= 4 is 17.5 Å². The fourth-order valence-electron chi connectivity index (χ4n) is 5.17. The van der Waals surface area contributed by atoms with Crippen LogP contribution in [0.3, 0.4) is 0 Å². The van der Waals surface area contributed by atoms with Crippen LogP contribution in [0.2, 0.25) is 0 Å². The number of hydrogen-bond donors (Lipinski definition) is 3. The van der Waals surface area contributed by atoms with Crippen molar-refractivity contribution in [3.05, 3.63) is 80.8 Å². The Bertz CT molecular complexity index is 1420. The van der Waals surface area contributed by atoms with Gasteiger partial charge in [0.2, 0.25) is 5.91 Å². The number of carbonyl (C=O) groups is 2. The van der Waals surface area contributed by atoms with E-state index in [1.54, 1.807) is 13.0 Å². The van der Waals surface area contributed by atoms with E-state index in [4.69, 9.17) is 9.47 Å². The molecule has 0 unspecified atom stereocenters. The van der Waals surface area contributed by atoms with Gasteiger partial charge in [0, 0.05) is 30.2 Å². The van der Waals surface area contributed by atoms with Gasteiger partial charge in [-0.2, -0.15) is 0 Å². The number of amides is 2. The molecular weight excluding hydrogens is 458 g/mol. The summed E-state index contributed by atoms with van der Waals surface area (Å²) < 4.78 is 10.8. The summed E-state index contributed by atoms with van der Waals surface area (Å²) in [5.41, 5.74) is 5.17. The van der Waals surface area contributed by atoms with Crippen LogP contribution in [0.4, 0.5) is 5.69 Å². The monoisotopic (exact) mass is 487 g/mol. The van der Waals surface area contributed by atoms with Crippen molar-refractivity contribution in [1.82, 2.24) is 10.3 Å². The topological polar surface area (TPSA) is 110 Å². The van der Waals surface area contributed by atoms with Crippen molar-refractivity contribution in [2.75, 3.05) is 25.6 Å². The van der Waals surface area contributed by atoms with Crippen molar-refractivity contribution < 1.29 is 19.1 Å². The zero-order valence-electron chi connectivity index (χ0n) is 20.6. The third kappa shape index (κ3) is 4.07. The zero-order valence-corrected chi connectivity index (χ0v) is 20.6. The van der Waals surface area contributed by atoms with Crippen LogP contribution in [-0.4, -0.2) is 37.1 Å². The van der Waals surface area contributed by atoms with Crippen molar-refractivity contribution in [1.29, 1.82) is 0 Å². The van der Waals surface area contributed by atoms with Gasteiger partial charge in [0.1, 0.15) is 5.75 Å². The number of aromatic nitrogens is 1. The summed E-state index contributed by atoms with van der Waals surface area (Å²) in [5.74, 6) is 0.181. The van der Waals surface area contributed by atoms with E-state index in [1.165, 1.54) is 7.11 Å². The minimum absolute atomic E-state index is 0.0310. The summed E-state index contributed by atoms with van der Waals surface area (Å²) in [7, 11) is 1.50. The Morgan fingerprint density at radius 2 is 1.78 bits per heavy atom. The Kier molecular flexibility index (Phi) is 6.14. The highest BCUT2D eigenvalue weighted by atomic mass is 16.5. The SMILES string of the molecule is COc1cc(C)[nH]c(=O)c1CNC(=O)c1cc(-c2ccc3c(c2)NC(=O)C32CCOCC2)ccc1C. The smallest absolute Gasteiger partial charge is 0.256 e. The second kappa shape index (κ2) is 9.28. The lowest BCUT2D eigenvalue weighted by atomic mass is 9.75. The van der Waals surface area contributed by atoms with Crippen LogP contribution in [0, 0.1) is 13.8 Å². The minimum Gasteiger partial charge on any atom is -0.496 e. The Hall–Kier alpha value is -3.91. The minimum atomic E-state index is -0.515. The number of aryl methyl sites for hydroxylation is 2. The van der Waals surface area contributed by atoms with Crippen molar-refractivity contribution in [2.45, 2.75) is 38.6 Å². The molecule has 2 amide bonds. The number of nitrogens with one attached hydrogen (secondary N) is 3. The largest absolute Gasteiger partial charge is 0.496 e. The molecule has 2 aliphatic rings. The molecule has 3 N–H and O–H groups in total. The second-order valence-corrected chi connectivity index (χ2v) is 9.45. The quantitative estimate of drug-likeness (QED) is 0.510. The number of rotatable bonds is 5. The predicted octanol–water partition coefficient (Wildman–Crippen LogP) is 3.60. The number of hydrogen-bond acceptors (Lipinski definition) is 5. The van der Waals surface area contributed by atoms with Crippen LogP contribution in [0.5, 0.6) is 5.75 Å². The number of anilines is 1. The molecule has 1 saturated heterocycles. The van der Waals surface area contributed by atoms with Gasteiger partial charge in [-0.15, -0.1) is 0 Å². The zero-order chi connectivity index (χ0) is 25.4. The van der Waals surface area contributed by atoms with Gasteiger partial charge in [-0.25, -0.2) is 0 Å². The van der Waals surface area contributed by atoms with E-state index in [2.05, 4.69) is 15.6 Å². The van der Waals surface area contributed by atoms with Gasteiger partial charge in [0.05, 0.1) is 24.6 Å². The molecule has 0 radical (unpaired) electrons. The van der Waals surface area contributed by atoms with Crippen LogP contribution in [-0.2, 0) is 21.5 Å². The van der Waals surface area contributed by atoms with E-state index in [0.717, 1.165) is 27.9 Å². The summed E-state index contributed by atoms with van der Waals surface area (Å²) in [6.45, 7) is 4.83. The Morgan fingerprint density at radius 1 is 1.06 bits per heavy atom. The van der Waals surface area contributed by atoms with Gasteiger partial charge in [-0.05, 0) is 67.1 Å². The molecule has 8 nitrogen and oxygen atoms in total. The first-order valence-electron chi connectivity index (χ1n) is 12.0. The number of fused-ring (bicyclic) bond motifs is 2. The fourth-order valence-corrected chi connectivity index (χ4v) is 5.17. The molecule has 3 heterocycles. The summed E-state index contributed by atoms with van der Waals surface area (Å²) in [6, 6.07) is 13.4. The van der Waals surface area contributed by atoms with Gasteiger partial charge >= 0.3 is 0 Å². The average Bonchev–Trinajstić information content (AvgIpc) is 3.13. The molecule has 3 aromatic rings. The second-order valence-electron chi connectivity index (χ2n) is 9.45. The molecule has 2 aliphatic heterocycles. The fraction of sp³-hybridized carbons (Fsp3) is 0.321. The number of aromatic amines is 1. The Labute approximate surface area is 209 Å². The molecule has 0 atom stereocenters. The maximum atomic E-state index is 13.1. The summed E-state index contributed by atoms with van der Waals surface area (Å²) >= 11 is 0. The lowest BCUT2D eigenvalue weighted by Crippen LogP contribution is -2.39. The van der Waals surface area contributed by atoms with Gasteiger partial charge in [-0.1, -0.05) is 24.3 Å². The van der Waals surface area contributed by atoms with E-state index < -0.39 is 5.41 Å². The number of H-pyrrole nitrogens is 1. The van der Waals surface area contributed by atoms with Gasteiger partial charge in [0.15, 0.2) is 0 Å². The Morgan fingerprint density at radius 3 is 2.53 bits per heavy atom. The molecule has 0 saturated carbocycles. The lowest BCUT2D eigenvalue weighted by molar-refractivity contribution is -0.124. The van der Waals surface area contributed by atoms with Crippen LogP contribution >= 0.6 is 0 Å². The molecule has 36 heavy (non-hydrogen) atoms. The van der Waals surface area contributed by atoms with E-state index in [9.17, 15) is 14.4 Å². The molecule has 1 fully saturated rings. The maximum Gasteiger partial charge on any atom is 0.256 e. The van der Waals surface area contributed by atoms with Gasteiger partial charge in [0.25, 0.3) is 11.5 Å². The first kappa shape index (κ1) is 23.8. The number of benzene rings is 2. The number of ether oxygens (including phenoxy) is 2. The Balaban J connectivity index is 1.40. The molecule has 0 bridgehead atoms. The number of methoxy groups -OCH3 is 1. The highest BCUT2D eigenvalue weighted by molar-refractivity contribution is 6.07. The van der Waals surface area contributed by atoms with Crippen LogP contribution in [0.1, 0.15) is 45.6 Å². The summed E-state index contributed by atoms with van der Waals surface area (Å²) in [4.78, 5) is 41.1. The predicted molar refractivity (Wildman–Crippen MR) is 136 cm³/mol. The molecule has 8 heteroatoms. The normalized spacial score (nSPS) is 15.9. The molecule has 5 rings (SSSR count). The molecule has 1 spiro atoms. The van der Waals surface area contributed by atoms with E-state index >= 15 is 0 Å². The third-order valence-corrected chi connectivity index (χ3v) is 7.26. The highest BCUT2D eigenvalue weighted by Crippen LogP contribution is 2.45. The highest BCUT2D eigenvalue weighted by Gasteiger charge is 2.47. The van der Waals surface area contributed by atoms with Gasteiger partial charge < -0.3 is 25.1 Å². The van der Waals surface area contributed by atoms with Crippen molar-refractivity contribution in [3.63, 3.8) is 0 Å². The van der Waals surface area contributed by atoms with Crippen LogP contribution in [0.25, 0.3) is 11.1 Å². The maximum absolute atomic E-state index is 13.1. The molecule has 0 aliphatic carbocycles. The van der Waals surface area contributed by atoms with Gasteiger partial charge in [-0.3, -0.25) is 14.4 Å².